The van der Waals surface area contributed by atoms with Crippen LogP contribution in [0.15, 0.2) is 36.1 Å². The molecule has 126 valence electrons. The highest BCUT2D eigenvalue weighted by molar-refractivity contribution is 5.91. The average molecular weight is 334 g/mol. The minimum atomic E-state index is -0.999. The maximum absolute atomic E-state index is 12.3. The summed E-state index contributed by atoms with van der Waals surface area (Å²) in [4.78, 5) is 35.3. The molecule has 1 N–H and O–H groups in total. The number of amides is 1. The number of nitrogens with zero attached hydrogens (tertiary/aromatic N) is 2. The summed E-state index contributed by atoms with van der Waals surface area (Å²) < 4.78 is 10.6. The Labute approximate surface area is 136 Å². The third kappa shape index (κ3) is 2.81. The number of hydrogen-bond acceptors (Lipinski definition) is 7. The van der Waals surface area contributed by atoms with Crippen molar-refractivity contribution in [1.82, 2.24) is 4.90 Å². The van der Waals surface area contributed by atoms with Crippen molar-refractivity contribution >= 4 is 17.6 Å². The van der Waals surface area contributed by atoms with Gasteiger partial charge in [0, 0.05) is 12.1 Å². The van der Waals surface area contributed by atoms with Gasteiger partial charge in [0.25, 0.3) is 5.69 Å². The van der Waals surface area contributed by atoms with Crippen molar-refractivity contribution in [3.63, 3.8) is 0 Å². The van der Waals surface area contributed by atoms with Gasteiger partial charge in [-0.25, -0.2) is 4.79 Å². The number of nitro groups is 1. The Bertz CT molecular complexity index is 713. The molecule has 9 heteroatoms. The fourth-order valence-electron chi connectivity index (χ4n) is 2.60. The topological polar surface area (TPSA) is 119 Å². The molecule has 0 bridgehead atoms. The molecule has 2 heterocycles. The molecule has 9 nitrogen and oxygen atoms in total. The van der Waals surface area contributed by atoms with Gasteiger partial charge in [-0.15, -0.1) is 0 Å². The zero-order chi connectivity index (χ0) is 17.3. The van der Waals surface area contributed by atoms with E-state index in [0.717, 1.165) is 0 Å². The van der Waals surface area contributed by atoms with Crippen molar-refractivity contribution in [2.75, 3.05) is 6.61 Å². The van der Waals surface area contributed by atoms with Gasteiger partial charge in [-0.1, -0.05) is 0 Å². The number of ether oxygens (including phenoxy) is 2. The Hall–Kier alpha value is -2.94. The third-order valence-electron chi connectivity index (χ3n) is 3.81. The van der Waals surface area contributed by atoms with Gasteiger partial charge in [0.15, 0.2) is 12.3 Å². The molecule has 2 aliphatic heterocycles. The molecule has 1 aromatic rings. The van der Waals surface area contributed by atoms with E-state index in [1.807, 2.05) is 0 Å². The number of benzene rings is 1. The van der Waals surface area contributed by atoms with E-state index in [1.54, 1.807) is 0 Å². The fourth-order valence-corrected chi connectivity index (χ4v) is 2.60. The first-order valence-electron chi connectivity index (χ1n) is 7.20. The SMILES string of the molecule is O=C(OCc1ccc([N+](=O)[O-])cc1)C1C(=CCO)OC2CC(=O)N21. The summed E-state index contributed by atoms with van der Waals surface area (Å²) in [6, 6.07) is 4.60. The number of rotatable bonds is 5. The smallest absolute Gasteiger partial charge is 0.337 e. The molecule has 0 aromatic heterocycles. The number of nitro benzene ring substituents is 1. The lowest BCUT2D eigenvalue weighted by molar-refractivity contribution is -0.384. The van der Waals surface area contributed by atoms with Gasteiger partial charge in [0.1, 0.15) is 12.4 Å². The van der Waals surface area contributed by atoms with Crippen molar-refractivity contribution in [2.24, 2.45) is 0 Å². The summed E-state index contributed by atoms with van der Waals surface area (Å²) >= 11 is 0. The van der Waals surface area contributed by atoms with Crippen LogP contribution in [0.2, 0.25) is 0 Å². The minimum Gasteiger partial charge on any atom is -0.472 e. The number of fused-ring (bicyclic) bond motifs is 1. The summed E-state index contributed by atoms with van der Waals surface area (Å²) in [7, 11) is 0. The molecule has 2 aliphatic rings. The van der Waals surface area contributed by atoms with Gasteiger partial charge in [-0.05, 0) is 23.8 Å². The second kappa shape index (κ2) is 6.28. The van der Waals surface area contributed by atoms with E-state index in [-0.39, 0.29) is 37.0 Å². The van der Waals surface area contributed by atoms with Gasteiger partial charge in [-0.2, -0.15) is 0 Å². The molecule has 2 fully saturated rings. The Kier molecular flexibility index (Phi) is 4.17. The third-order valence-corrected chi connectivity index (χ3v) is 3.81. The van der Waals surface area contributed by atoms with Crippen molar-refractivity contribution in [3.05, 3.63) is 51.8 Å². The van der Waals surface area contributed by atoms with Crippen LogP contribution in [-0.2, 0) is 25.7 Å². The van der Waals surface area contributed by atoms with Crippen LogP contribution in [-0.4, -0.2) is 45.7 Å². The van der Waals surface area contributed by atoms with Crippen molar-refractivity contribution in [3.8, 4) is 0 Å². The first-order chi connectivity index (χ1) is 11.5. The maximum Gasteiger partial charge on any atom is 0.337 e. The number of aliphatic hydroxyl groups excluding tert-OH is 1. The molecule has 2 atom stereocenters. The minimum absolute atomic E-state index is 0.0588. The molecule has 0 radical (unpaired) electrons. The number of aliphatic hydroxyl groups is 1. The monoisotopic (exact) mass is 334 g/mol. The van der Waals surface area contributed by atoms with Crippen LogP contribution in [0, 0.1) is 10.1 Å². The molecule has 24 heavy (non-hydrogen) atoms. The van der Waals surface area contributed by atoms with Crippen LogP contribution in [0.5, 0.6) is 0 Å². The predicted molar refractivity (Wildman–Crippen MR) is 78.2 cm³/mol. The zero-order valence-corrected chi connectivity index (χ0v) is 12.5. The lowest BCUT2D eigenvalue weighted by atomic mass is 10.1. The summed E-state index contributed by atoms with van der Waals surface area (Å²) in [5.41, 5.74) is 0.517. The number of carbonyl (C=O) groups excluding carboxylic acids is 2. The standard InChI is InChI=1S/C15H14N2O7/c18-6-5-11-14(16-12(19)7-13(16)24-11)15(20)23-8-9-1-3-10(4-2-9)17(21)22/h1-5,13-14,18H,6-8H2. The second-order valence-electron chi connectivity index (χ2n) is 5.30. The first kappa shape index (κ1) is 15.9. The normalized spacial score (nSPS) is 23.5. The molecule has 0 spiro atoms. The van der Waals surface area contributed by atoms with E-state index in [2.05, 4.69) is 0 Å². The molecule has 2 unspecified atom stereocenters. The largest absolute Gasteiger partial charge is 0.472 e. The molecule has 1 aromatic carbocycles. The molecule has 3 rings (SSSR count). The van der Waals surface area contributed by atoms with Crippen LogP contribution in [0.25, 0.3) is 0 Å². The van der Waals surface area contributed by atoms with Crippen LogP contribution in [0.3, 0.4) is 0 Å². The van der Waals surface area contributed by atoms with E-state index in [1.165, 1.54) is 35.2 Å². The highest BCUT2D eigenvalue weighted by Crippen LogP contribution is 2.36. The lowest BCUT2D eigenvalue weighted by Crippen LogP contribution is -2.55. The van der Waals surface area contributed by atoms with Gasteiger partial charge < -0.3 is 14.6 Å². The van der Waals surface area contributed by atoms with E-state index >= 15 is 0 Å². The van der Waals surface area contributed by atoms with E-state index in [9.17, 15) is 19.7 Å². The highest BCUT2D eigenvalue weighted by Gasteiger charge is 2.54. The molecular formula is C15H14N2O7. The number of esters is 1. The van der Waals surface area contributed by atoms with Crippen LogP contribution in [0.4, 0.5) is 5.69 Å². The molecule has 1 amide bonds. The number of carbonyl (C=O) groups is 2. The van der Waals surface area contributed by atoms with E-state index in [4.69, 9.17) is 14.6 Å². The number of hydrogen-bond donors (Lipinski definition) is 1. The number of non-ortho nitro benzene ring substituents is 1. The quantitative estimate of drug-likeness (QED) is 0.360. The van der Waals surface area contributed by atoms with Gasteiger partial charge in [-0.3, -0.25) is 19.8 Å². The molecule has 0 aliphatic carbocycles. The predicted octanol–water partition coefficient (Wildman–Crippen LogP) is 0.471. The number of β-lactam (4-membered cyclic amide) rings is 1. The van der Waals surface area contributed by atoms with Crippen molar-refractivity contribution < 1.29 is 29.1 Å². The highest BCUT2D eigenvalue weighted by atomic mass is 16.6. The lowest BCUT2D eigenvalue weighted by Gasteiger charge is -2.33. The van der Waals surface area contributed by atoms with E-state index in [0.29, 0.717) is 5.56 Å². The molecular weight excluding hydrogens is 320 g/mol. The fraction of sp³-hybridized carbons (Fsp3) is 0.333. The van der Waals surface area contributed by atoms with E-state index < -0.39 is 23.2 Å². The van der Waals surface area contributed by atoms with Crippen LogP contribution in [0.1, 0.15) is 12.0 Å². The average Bonchev–Trinajstić information content (AvgIpc) is 2.85. The zero-order valence-electron chi connectivity index (χ0n) is 12.5. The Morgan fingerprint density at radius 3 is 2.75 bits per heavy atom. The van der Waals surface area contributed by atoms with Gasteiger partial charge in [0.05, 0.1) is 18.0 Å². The summed E-state index contributed by atoms with van der Waals surface area (Å²) in [6.07, 6.45) is 1.02. The Balaban J connectivity index is 1.66. The van der Waals surface area contributed by atoms with Crippen LogP contribution >= 0.6 is 0 Å². The second-order valence-corrected chi connectivity index (χ2v) is 5.30. The molecule has 2 saturated heterocycles. The summed E-state index contributed by atoms with van der Waals surface area (Å²) in [5, 5.41) is 19.6. The first-order valence-corrected chi connectivity index (χ1v) is 7.20. The van der Waals surface area contributed by atoms with Gasteiger partial charge in [0.2, 0.25) is 5.91 Å². The van der Waals surface area contributed by atoms with Crippen LogP contribution < -0.4 is 0 Å². The summed E-state index contributed by atoms with van der Waals surface area (Å²) in [6.45, 7) is -0.414. The van der Waals surface area contributed by atoms with Crippen molar-refractivity contribution in [2.45, 2.75) is 25.3 Å². The molecule has 0 saturated carbocycles. The van der Waals surface area contributed by atoms with Gasteiger partial charge >= 0.3 is 5.97 Å². The maximum atomic E-state index is 12.3. The Morgan fingerprint density at radius 2 is 2.17 bits per heavy atom. The summed E-state index contributed by atoms with van der Waals surface area (Å²) in [5.74, 6) is -0.704. The Morgan fingerprint density at radius 1 is 1.46 bits per heavy atom. The van der Waals surface area contributed by atoms with Crippen molar-refractivity contribution in [1.29, 1.82) is 0 Å².